The highest BCUT2D eigenvalue weighted by molar-refractivity contribution is 14.0. The monoisotopic (exact) mass is 487 g/mol. The summed E-state index contributed by atoms with van der Waals surface area (Å²) in [6, 6.07) is 8.68. The summed E-state index contributed by atoms with van der Waals surface area (Å²) in [7, 11) is 0. The van der Waals surface area contributed by atoms with E-state index in [0.717, 1.165) is 13.1 Å². The van der Waals surface area contributed by atoms with Crippen LogP contribution >= 0.6 is 24.0 Å². The fraction of sp³-hybridized carbons (Fsp3) is 0.600. The van der Waals surface area contributed by atoms with Crippen molar-refractivity contribution in [3.05, 3.63) is 35.4 Å². The molecule has 1 aliphatic rings. The fourth-order valence-electron chi connectivity index (χ4n) is 2.85. The first-order chi connectivity index (χ1) is 12.4. The molecule has 0 unspecified atom stereocenters. The number of guanidine groups is 1. The molecule has 1 amide bonds. The summed E-state index contributed by atoms with van der Waals surface area (Å²) in [5, 5.41) is 6.41. The second-order valence-electron chi connectivity index (χ2n) is 7.60. The van der Waals surface area contributed by atoms with Gasteiger partial charge in [0.2, 0.25) is 5.91 Å². The Morgan fingerprint density at radius 3 is 2.30 bits per heavy atom. The third-order valence-corrected chi connectivity index (χ3v) is 4.76. The van der Waals surface area contributed by atoms with Crippen molar-refractivity contribution >= 4 is 35.8 Å². The number of amides is 1. The lowest BCUT2D eigenvalue weighted by Crippen LogP contribution is -2.46. The zero-order chi connectivity index (χ0) is 19.0. The Morgan fingerprint density at radius 1 is 1.15 bits per heavy atom. The number of benzene rings is 1. The van der Waals surface area contributed by atoms with Gasteiger partial charge < -0.3 is 16.4 Å². The van der Waals surface area contributed by atoms with E-state index in [9.17, 15) is 4.79 Å². The maximum Gasteiger partial charge on any atom is 0.224 e. The SMILES string of the molecule is CCNC(=NCc1ccc(CN2CCCC2)cc1)NCC(C)(C)C(N)=O.I. The number of nitrogens with zero attached hydrogens (tertiary/aromatic N) is 2. The highest BCUT2D eigenvalue weighted by Gasteiger charge is 2.24. The molecule has 0 aliphatic carbocycles. The van der Waals surface area contributed by atoms with Gasteiger partial charge in [0, 0.05) is 19.6 Å². The van der Waals surface area contributed by atoms with Crippen molar-refractivity contribution in [3.8, 4) is 0 Å². The number of nitrogens with two attached hydrogens (primary N) is 1. The van der Waals surface area contributed by atoms with E-state index >= 15 is 0 Å². The fourth-order valence-corrected chi connectivity index (χ4v) is 2.85. The number of hydrogen-bond acceptors (Lipinski definition) is 3. The van der Waals surface area contributed by atoms with Crippen LogP contribution < -0.4 is 16.4 Å². The Hall–Kier alpha value is -1.35. The van der Waals surface area contributed by atoms with Gasteiger partial charge in [0.25, 0.3) is 0 Å². The lowest BCUT2D eigenvalue weighted by molar-refractivity contribution is -0.125. The van der Waals surface area contributed by atoms with E-state index in [1.165, 1.54) is 37.1 Å². The van der Waals surface area contributed by atoms with Crippen LogP contribution in [0.2, 0.25) is 0 Å². The van der Waals surface area contributed by atoms with Crippen LogP contribution in [0.25, 0.3) is 0 Å². The van der Waals surface area contributed by atoms with Crippen LogP contribution in [0.15, 0.2) is 29.3 Å². The Labute approximate surface area is 180 Å². The molecule has 0 radical (unpaired) electrons. The molecular weight excluding hydrogens is 453 g/mol. The Morgan fingerprint density at radius 2 is 1.74 bits per heavy atom. The zero-order valence-electron chi connectivity index (χ0n) is 16.8. The molecule has 152 valence electrons. The minimum atomic E-state index is -0.618. The molecule has 1 aliphatic heterocycles. The Balaban J connectivity index is 0.00000364. The molecular formula is C20H34IN5O. The first kappa shape index (κ1) is 23.7. The lowest BCUT2D eigenvalue weighted by Gasteiger charge is -2.22. The van der Waals surface area contributed by atoms with Crippen molar-refractivity contribution in [2.45, 2.75) is 46.7 Å². The molecule has 1 heterocycles. The molecule has 1 saturated heterocycles. The second kappa shape index (κ2) is 11.5. The number of carbonyl (C=O) groups excluding carboxylic acids is 1. The van der Waals surface area contributed by atoms with Crippen molar-refractivity contribution in [1.29, 1.82) is 0 Å². The van der Waals surface area contributed by atoms with Gasteiger partial charge in [-0.3, -0.25) is 9.69 Å². The topological polar surface area (TPSA) is 82.8 Å². The van der Waals surface area contributed by atoms with Gasteiger partial charge in [-0.15, -0.1) is 24.0 Å². The number of carbonyl (C=O) groups is 1. The van der Waals surface area contributed by atoms with Gasteiger partial charge in [-0.2, -0.15) is 0 Å². The number of aliphatic imine (C=N–C) groups is 1. The molecule has 7 heteroatoms. The van der Waals surface area contributed by atoms with E-state index in [1.807, 2.05) is 20.8 Å². The molecule has 2 rings (SSSR count). The number of hydrogen-bond donors (Lipinski definition) is 3. The molecule has 1 aromatic rings. The molecule has 1 fully saturated rings. The highest BCUT2D eigenvalue weighted by Crippen LogP contribution is 2.14. The summed E-state index contributed by atoms with van der Waals surface area (Å²) in [5.74, 6) is 0.373. The maximum absolute atomic E-state index is 11.4. The average Bonchev–Trinajstić information content (AvgIpc) is 3.11. The van der Waals surface area contributed by atoms with E-state index in [0.29, 0.717) is 19.0 Å². The van der Waals surface area contributed by atoms with E-state index in [-0.39, 0.29) is 29.9 Å². The van der Waals surface area contributed by atoms with E-state index < -0.39 is 5.41 Å². The Kier molecular flexibility index (Phi) is 10.1. The molecule has 4 N–H and O–H groups in total. The van der Waals surface area contributed by atoms with E-state index in [4.69, 9.17) is 5.73 Å². The third kappa shape index (κ3) is 8.04. The Bertz CT molecular complexity index is 609. The molecule has 0 saturated carbocycles. The average molecular weight is 487 g/mol. The minimum absolute atomic E-state index is 0. The first-order valence-electron chi connectivity index (χ1n) is 9.53. The summed E-state index contributed by atoms with van der Waals surface area (Å²) < 4.78 is 0. The largest absolute Gasteiger partial charge is 0.369 e. The number of rotatable bonds is 8. The van der Waals surface area contributed by atoms with Gasteiger partial charge >= 0.3 is 0 Å². The van der Waals surface area contributed by atoms with Gasteiger partial charge in [0.1, 0.15) is 0 Å². The first-order valence-corrected chi connectivity index (χ1v) is 9.53. The predicted octanol–water partition coefficient (Wildman–Crippen LogP) is 2.47. The normalized spacial score (nSPS) is 15.3. The minimum Gasteiger partial charge on any atom is -0.369 e. The summed E-state index contributed by atoms with van der Waals surface area (Å²) in [6.45, 7) is 10.9. The van der Waals surface area contributed by atoms with Crippen LogP contribution in [0.4, 0.5) is 0 Å². The van der Waals surface area contributed by atoms with E-state index in [2.05, 4.69) is 44.8 Å². The molecule has 1 aromatic carbocycles. The standard InChI is InChI=1S/C20H33N5O.HI/c1-4-22-19(24-15-20(2,3)18(21)26)23-13-16-7-9-17(10-8-16)14-25-11-5-6-12-25;/h7-10H,4-6,11-15H2,1-3H3,(H2,21,26)(H2,22,23,24);1H. The van der Waals surface area contributed by atoms with Crippen molar-refractivity contribution in [3.63, 3.8) is 0 Å². The number of nitrogens with one attached hydrogen (secondary N) is 2. The quantitative estimate of drug-likeness (QED) is 0.299. The van der Waals surface area contributed by atoms with Crippen LogP contribution in [0.5, 0.6) is 0 Å². The summed E-state index contributed by atoms with van der Waals surface area (Å²) in [5.41, 5.74) is 7.33. The van der Waals surface area contributed by atoms with Crippen LogP contribution in [0.3, 0.4) is 0 Å². The molecule has 0 bridgehead atoms. The van der Waals surface area contributed by atoms with Crippen molar-refractivity contribution in [2.75, 3.05) is 26.2 Å². The van der Waals surface area contributed by atoms with Crippen molar-refractivity contribution < 1.29 is 4.79 Å². The van der Waals surface area contributed by atoms with Crippen LogP contribution in [0.1, 0.15) is 44.7 Å². The van der Waals surface area contributed by atoms with Gasteiger partial charge in [-0.1, -0.05) is 24.3 Å². The lowest BCUT2D eigenvalue weighted by atomic mass is 9.93. The molecule has 0 spiro atoms. The molecule has 0 atom stereocenters. The molecule has 0 aromatic heterocycles. The molecule has 6 nitrogen and oxygen atoms in total. The smallest absolute Gasteiger partial charge is 0.224 e. The highest BCUT2D eigenvalue weighted by atomic mass is 127. The van der Waals surface area contributed by atoms with Crippen molar-refractivity contribution in [1.82, 2.24) is 15.5 Å². The van der Waals surface area contributed by atoms with Gasteiger partial charge in [-0.25, -0.2) is 4.99 Å². The van der Waals surface area contributed by atoms with Crippen LogP contribution in [0, 0.1) is 5.41 Å². The van der Waals surface area contributed by atoms with Crippen LogP contribution in [-0.2, 0) is 17.9 Å². The maximum atomic E-state index is 11.4. The number of halogens is 1. The predicted molar refractivity (Wildman–Crippen MR) is 122 cm³/mol. The van der Waals surface area contributed by atoms with Gasteiger partial charge in [0.15, 0.2) is 5.96 Å². The summed E-state index contributed by atoms with van der Waals surface area (Å²) in [4.78, 5) is 18.6. The zero-order valence-corrected chi connectivity index (χ0v) is 19.1. The van der Waals surface area contributed by atoms with Crippen molar-refractivity contribution in [2.24, 2.45) is 16.1 Å². The van der Waals surface area contributed by atoms with Gasteiger partial charge in [0.05, 0.1) is 12.0 Å². The summed E-state index contributed by atoms with van der Waals surface area (Å²) in [6.07, 6.45) is 2.64. The van der Waals surface area contributed by atoms with E-state index in [1.54, 1.807) is 0 Å². The second-order valence-corrected chi connectivity index (χ2v) is 7.60. The van der Waals surface area contributed by atoms with Crippen LogP contribution in [-0.4, -0.2) is 42.9 Å². The summed E-state index contributed by atoms with van der Waals surface area (Å²) >= 11 is 0. The number of likely N-dealkylation sites (tertiary alicyclic amines) is 1. The van der Waals surface area contributed by atoms with Gasteiger partial charge in [-0.05, 0) is 57.8 Å². The third-order valence-electron chi connectivity index (χ3n) is 4.76. The molecule has 27 heavy (non-hydrogen) atoms. The number of primary amides is 1.